The Morgan fingerprint density at radius 1 is 1.33 bits per heavy atom. The Hall–Kier alpha value is -1.52. The third-order valence-corrected chi connectivity index (χ3v) is 5.03. The molecule has 21 heavy (non-hydrogen) atoms. The lowest BCUT2D eigenvalue weighted by molar-refractivity contribution is 0.486. The molecule has 1 saturated heterocycles. The minimum absolute atomic E-state index is 0.135. The number of hydrogen-bond acceptors (Lipinski definition) is 5. The molecule has 7 heteroatoms. The zero-order valence-corrected chi connectivity index (χ0v) is 13.5. The van der Waals surface area contributed by atoms with E-state index in [1.54, 1.807) is 12.1 Å². The van der Waals surface area contributed by atoms with Crippen LogP contribution in [0.25, 0.3) is 10.6 Å². The molecule has 0 aliphatic carbocycles. The van der Waals surface area contributed by atoms with Crippen LogP contribution < -0.4 is 4.90 Å². The summed E-state index contributed by atoms with van der Waals surface area (Å²) in [4.78, 5) is 2.12. The van der Waals surface area contributed by atoms with Gasteiger partial charge in [-0.2, -0.15) is 5.26 Å². The summed E-state index contributed by atoms with van der Waals surface area (Å²) in [6.07, 6.45) is 1.69. The normalized spacial score (nSPS) is 16.0. The first-order valence-electron chi connectivity index (χ1n) is 6.61. The second kappa shape index (κ2) is 6.08. The molecule has 0 unspecified atom stereocenters. The zero-order chi connectivity index (χ0) is 14.8. The summed E-state index contributed by atoms with van der Waals surface area (Å²) in [5.41, 5.74) is 0.458. The van der Waals surface area contributed by atoms with Crippen LogP contribution in [-0.4, -0.2) is 23.3 Å². The molecule has 4 nitrogen and oxygen atoms in total. The van der Waals surface area contributed by atoms with Gasteiger partial charge in [0.05, 0.1) is 6.07 Å². The van der Waals surface area contributed by atoms with E-state index in [9.17, 15) is 4.39 Å². The molecular weight excluding hydrogens is 355 g/mol. The molecule has 108 valence electrons. The first kappa shape index (κ1) is 14.4. The summed E-state index contributed by atoms with van der Waals surface area (Å²) in [6, 6.07) is 7.09. The lowest BCUT2D eigenvalue weighted by Gasteiger charge is -2.28. The summed E-state index contributed by atoms with van der Waals surface area (Å²) < 4.78 is 14.7. The summed E-state index contributed by atoms with van der Waals surface area (Å²) in [6.45, 7) is 1.60. The lowest BCUT2D eigenvalue weighted by Crippen LogP contribution is -2.33. The smallest absolute Gasteiger partial charge is 0.208 e. The predicted molar refractivity (Wildman–Crippen MR) is 83.6 cm³/mol. The molecule has 1 aromatic carbocycles. The van der Waals surface area contributed by atoms with Crippen LogP contribution in [0.2, 0.25) is 0 Å². The van der Waals surface area contributed by atoms with E-state index in [1.807, 2.05) is 0 Å². The van der Waals surface area contributed by atoms with Crippen molar-refractivity contribution in [1.29, 1.82) is 5.26 Å². The predicted octanol–water partition coefficient (Wildman–Crippen LogP) is 3.85. The van der Waals surface area contributed by atoms with Crippen LogP contribution >= 0.6 is 27.3 Å². The molecule has 1 aromatic heterocycles. The van der Waals surface area contributed by atoms with Crippen molar-refractivity contribution in [1.82, 2.24) is 10.2 Å². The molecule has 2 aromatic rings. The Kier molecular flexibility index (Phi) is 4.17. The third-order valence-electron chi connectivity index (χ3n) is 3.52. The van der Waals surface area contributed by atoms with Gasteiger partial charge in [0.15, 0.2) is 5.01 Å². The molecular formula is C14H12BrFN4S. The maximum absolute atomic E-state index is 13.9. The van der Waals surface area contributed by atoms with Crippen LogP contribution in [0.1, 0.15) is 12.8 Å². The molecule has 1 fully saturated rings. The number of rotatable bonds is 2. The molecule has 0 radical (unpaired) electrons. The second-order valence-electron chi connectivity index (χ2n) is 4.90. The van der Waals surface area contributed by atoms with Gasteiger partial charge in [-0.3, -0.25) is 0 Å². The van der Waals surface area contributed by atoms with E-state index in [1.165, 1.54) is 17.4 Å². The van der Waals surface area contributed by atoms with Crippen LogP contribution in [0.4, 0.5) is 9.52 Å². The van der Waals surface area contributed by atoms with Crippen molar-refractivity contribution < 1.29 is 4.39 Å². The summed E-state index contributed by atoms with van der Waals surface area (Å²) in [7, 11) is 0. The largest absolute Gasteiger partial charge is 0.347 e. The van der Waals surface area contributed by atoms with Crippen LogP contribution in [0.3, 0.4) is 0 Å². The molecule has 0 atom stereocenters. The summed E-state index contributed by atoms with van der Waals surface area (Å²) >= 11 is 4.72. The maximum Gasteiger partial charge on any atom is 0.208 e. The van der Waals surface area contributed by atoms with E-state index in [-0.39, 0.29) is 11.7 Å². The number of nitriles is 1. The fourth-order valence-electron chi connectivity index (χ4n) is 2.31. The Morgan fingerprint density at radius 2 is 2.10 bits per heavy atom. The van der Waals surface area contributed by atoms with Crippen molar-refractivity contribution in [3.8, 4) is 16.6 Å². The van der Waals surface area contributed by atoms with Gasteiger partial charge in [0.2, 0.25) is 5.13 Å². The van der Waals surface area contributed by atoms with Crippen molar-refractivity contribution in [3.63, 3.8) is 0 Å². The van der Waals surface area contributed by atoms with E-state index in [0.29, 0.717) is 10.6 Å². The van der Waals surface area contributed by atoms with Crippen LogP contribution in [0, 0.1) is 23.1 Å². The quantitative estimate of drug-likeness (QED) is 0.809. The number of piperidine rings is 1. The summed E-state index contributed by atoms with van der Waals surface area (Å²) in [5.74, 6) is -0.166. The van der Waals surface area contributed by atoms with Gasteiger partial charge in [0.1, 0.15) is 5.82 Å². The Balaban J connectivity index is 1.81. The molecule has 0 saturated carbocycles. The first-order valence-corrected chi connectivity index (χ1v) is 8.22. The average molecular weight is 367 g/mol. The van der Waals surface area contributed by atoms with Gasteiger partial charge in [-0.25, -0.2) is 4.39 Å². The van der Waals surface area contributed by atoms with Gasteiger partial charge >= 0.3 is 0 Å². The van der Waals surface area contributed by atoms with Gasteiger partial charge in [0.25, 0.3) is 0 Å². The van der Waals surface area contributed by atoms with E-state index in [2.05, 4.69) is 37.1 Å². The van der Waals surface area contributed by atoms with E-state index < -0.39 is 0 Å². The Labute approximate surface area is 134 Å². The highest BCUT2D eigenvalue weighted by Crippen LogP contribution is 2.33. The second-order valence-corrected chi connectivity index (χ2v) is 6.78. The summed E-state index contributed by atoms with van der Waals surface area (Å²) in [5, 5.41) is 18.6. The van der Waals surface area contributed by atoms with E-state index in [0.717, 1.165) is 35.5 Å². The fourth-order valence-corrected chi connectivity index (χ4v) is 3.59. The molecule has 1 aliphatic heterocycles. The Bertz CT molecular complexity index is 689. The number of hydrogen-bond donors (Lipinski definition) is 0. The minimum atomic E-state index is -0.302. The van der Waals surface area contributed by atoms with Gasteiger partial charge in [-0.1, -0.05) is 27.3 Å². The van der Waals surface area contributed by atoms with Gasteiger partial charge < -0.3 is 4.90 Å². The zero-order valence-electron chi connectivity index (χ0n) is 11.1. The van der Waals surface area contributed by atoms with Crippen molar-refractivity contribution in [2.75, 3.05) is 18.0 Å². The minimum Gasteiger partial charge on any atom is -0.347 e. The van der Waals surface area contributed by atoms with E-state index >= 15 is 0 Å². The molecule has 0 amide bonds. The average Bonchev–Trinajstić information content (AvgIpc) is 2.99. The van der Waals surface area contributed by atoms with Crippen molar-refractivity contribution >= 4 is 32.4 Å². The van der Waals surface area contributed by atoms with Crippen LogP contribution in [0.15, 0.2) is 22.7 Å². The highest BCUT2D eigenvalue weighted by molar-refractivity contribution is 9.10. The van der Waals surface area contributed by atoms with Crippen LogP contribution in [-0.2, 0) is 0 Å². The highest BCUT2D eigenvalue weighted by atomic mass is 79.9. The number of anilines is 1. The number of halogens is 2. The lowest BCUT2D eigenvalue weighted by atomic mass is 9.99. The van der Waals surface area contributed by atoms with E-state index in [4.69, 9.17) is 5.26 Å². The Morgan fingerprint density at radius 3 is 2.81 bits per heavy atom. The molecule has 0 N–H and O–H groups in total. The van der Waals surface area contributed by atoms with Crippen molar-refractivity contribution in [3.05, 3.63) is 28.5 Å². The maximum atomic E-state index is 13.9. The van der Waals surface area contributed by atoms with Crippen molar-refractivity contribution in [2.24, 2.45) is 5.92 Å². The molecule has 3 rings (SSSR count). The highest BCUT2D eigenvalue weighted by Gasteiger charge is 2.22. The van der Waals surface area contributed by atoms with Gasteiger partial charge in [-0.15, -0.1) is 10.2 Å². The fraction of sp³-hybridized carbons (Fsp3) is 0.357. The van der Waals surface area contributed by atoms with Gasteiger partial charge in [-0.05, 0) is 31.0 Å². The first-order chi connectivity index (χ1) is 10.2. The number of aromatic nitrogens is 2. The van der Waals surface area contributed by atoms with Gasteiger partial charge in [0, 0.05) is 29.0 Å². The van der Waals surface area contributed by atoms with Crippen LogP contribution in [0.5, 0.6) is 0 Å². The standard InChI is InChI=1S/C14H12BrFN4S/c15-10-1-2-12(16)11(7-10)13-18-19-14(21-13)20-5-3-9(8-17)4-6-20/h1-2,7,9H,3-6H2. The monoisotopic (exact) mass is 366 g/mol. The number of nitrogens with zero attached hydrogens (tertiary/aromatic N) is 4. The molecule has 0 bridgehead atoms. The molecule has 2 heterocycles. The third kappa shape index (κ3) is 3.06. The number of benzene rings is 1. The molecule has 1 aliphatic rings. The SMILES string of the molecule is N#CC1CCN(c2nnc(-c3cc(Br)ccc3F)s2)CC1. The topological polar surface area (TPSA) is 52.8 Å². The molecule has 0 spiro atoms. The van der Waals surface area contributed by atoms with Crippen molar-refractivity contribution in [2.45, 2.75) is 12.8 Å².